The van der Waals surface area contributed by atoms with E-state index in [1.807, 2.05) is 0 Å². The Morgan fingerprint density at radius 3 is 2.27 bits per heavy atom. The molecule has 0 radical (unpaired) electrons. The molecule has 92 valence electrons. The van der Waals surface area contributed by atoms with Gasteiger partial charge in [-0.1, -0.05) is 34.6 Å². The summed E-state index contributed by atoms with van der Waals surface area (Å²) in [6, 6.07) is 0.604. The lowest BCUT2D eigenvalue weighted by atomic mass is 9.93. The molecule has 0 aromatic carbocycles. The van der Waals surface area contributed by atoms with Crippen LogP contribution >= 0.6 is 0 Å². The van der Waals surface area contributed by atoms with Crippen molar-refractivity contribution in [3.8, 4) is 0 Å². The summed E-state index contributed by atoms with van der Waals surface area (Å²) in [7, 11) is 0. The van der Waals surface area contributed by atoms with Gasteiger partial charge in [0.2, 0.25) is 0 Å². The number of ether oxygens (including phenoxy) is 1. The Kier molecular flexibility index (Phi) is 8.07. The second-order valence-corrected chi connectivity index (χ2v) is 5.74. The SMILES string of the molecule is CC(C)NCCCCOCCC(C)(C)C. The van der Waals surface area contributed by atoms with Crippen LogP contribution in [-0.2, 0) is 4.74 Å². The Morgan fingerprint density at radius 2 is 1.73 bits per heavy atom. The van der Waals surface area contributed by atoms with Crippen LogP contribution in [0.15, 0.2) is 0 Å². The highest BCUT2D eigenvalue weighted by molar-refractivity contribution is 4.60. The second kappa shape index (κ2) is 8.12. The van der Waals surface area contributed by atoms with E-state index < -0.39 is 0 Å². The van der Waals surface area contributed by atoms with Crippen LogP contribution in [0.3, 0.4) is 0 Å². The highest BCUT2D eigenvalue weighted by Crippen LogP contribution is 2.17. The minimum Gasteiger partial charge on any atom is -0.381 e. The van der Waals surface area contributed by atoms with Gasteiger partial charge < -0.3 is 10.1 Å². The summed E-state index contributed by atoms with van der Waals surface area (Å²) in [5.41, 5.74) is 0.402. The van der Waals surface area contributed by atoms with Gasteiger partial charge in [-0.15, -0.1) is 0 Å². The van der Waals surface area contributed by atoms with E-state index in [2.05, 4.69) is 39.9 Å². The predicted molar refractivity (Wildman–Crippen MR) is 67.3 cm³/mol. The lowest BCUT2D eigenvalue weighted by Gasteiger charge is -2.17. The number of rotatable bonds is 8. The van der Waals surface area contributed by atoms with Crippen molar-refractivity contribution in [1.82, 2.24) is 5.32 Å². The molecule has 0 rings (SSSR count). The molecule has 0 spiro atoms. The van der Waals surface area contributed by atoms with Gasteiger partial charge in [0.1, 0.15) is 0 Å². The first-order valence-electron chi connectivity index (χ1n) is 6.23. The van der Waals surface area contributed by atoms with E-state index in [0.29, 0.717) is 11.5 Å². The van der Waals surface area contributed by atoms with Gasteiger partial charge in [-0.25, -0.2) is 0 Å². The molecule has 0 atom stereocenters. The fourth-order valence-corrected chi connectivity index (χ4v) is 1.20. The van der Waals surface area contributed by atoms with Gasteiger partial charge >= 0.3 is 0 Å². The summed E-state index contributed by atoms with van der Waals surface area (Å²) in [6.07, 6.45) is 3.54. The Labute approximate surface area is 95.8 Å². The van der Waals surface area contributed by atoms with Gasteiger partial charge in [-0.3, -0.25) is 0 Å². The molecule has 0 unspecified atom stereocenters. The molecule has 0 aromatic rings. The average Bonchev–Trinajstić information content (AvgIpc) is 2.07. The molecule has 0 saturated heterocycles. The molecule has 2 nitrogen and oxygen atoms in total. The monoisotopic (exact) mass is 215 g/mol. The van der Waals surface area contributed by atoms with Gasteiger partial charge in [0.25, 0.3) is 0 Å². The van der Waals surface area contributed by atoms with Gasteiger partial charge in [0.05, 0.1) is 0 Å². The molecule has 0 aliphatic heterocycles. The summed E-state index contributed by atoms with van der Waals surface area (Å²) >= 11 is 0. The summed E-state index contributed by atoms with van der Waals surface area (Å²) in [4.78, 5) is 0. The third kappa shape index (κ3) is 13.9. The summed E-state index contributed by atoms with van der Waals surface area (Å²) < 4.78 is 5.59. The first kappa shape index (κ1) is 14.9. The Hall–Kier alpha value is -0.0800. The Balaban J connectivity index is 3.06. The zero-order valence-corrected chi connectivity index (χ0v) is 11.2. The number of unbranched alkanes of at least 4 members (excludes halogenated alkanes) is 1. The van der Waals surface area contributed by atoms with Gasteiger partial charge in [-0.2, -0.15) is 0 Å². The predicted octanol–water partition coefficient (Wildman–Crippen LogP) is 3.22. The molecule has 0 heterocycles. The molecule has 0 saturated carbocycles. The van der Waals surface area contributed by atoms with E-state index in [-0.39, 0.29) is 0 Å². The average molecular weight is 215 g/mol. The largest absolute Gasteiger partial charge is 0.381 e. The Morgan fingerprint density at radius 1 is 1.07 bits per heavy atom. The molecule has 0 aliphatic rings. The normalized spacial score (nSPS) is 12.4. The van der Waals surface area contributed by atoms with Crippen LogP contribution < -0.4 is 5.32 Å². The summed E-state index contributed by atoms with van der Waals surface area (Å²) in [6.45, 7) is 14.0. The van der Waals surface area contributed by atoms with E-state index in [4.69, 9.17) is 4.74 Å². The summed E-state index contributed by atoms with van der Waals surface area (Å²) in [5.74, 6) is 0. The van der Waals surface area contributed by atoms with Crippen molar-refractivity contribution in [3.63, 3.8) is 0 Å². The van der Waals surface area contributed by atoms with E-state index in [1.165, 1.54) is 12.8 Å². The number of nitrogens with one attached hydrogen (secondary N) is 1. The number of hydrogen-bond donors (Lipinski definition) is 1. The fourth-order valence-electron chi connectivity index (χ4n) is 1.20. The van der Waals surface area contributed by atoms with Crippen molar-refractivity contribution in [2.75, 3.05) is 19.8 Å². The fraction of sp³-hybridized carbons (Fsp3) is 1.00. The molecule has 0 fully saturated rings. The zero-order chi connectivity index (χ0) is 11.7. The topological polar surface area (TPSA) is 21.3 Å². The maximum Gasteiger partial charge on any atom is 0.0471 e. The van der Waals surface area contributed by atoms with Crippen LogP contribution in [0.25, 0.3) is 0 Å². The van der Waals surface area contributed by atoms with Gasteiger partial charge in [0.15, 0.2) is 0 Å². The highest BCUT2D eigenvalue weighted by Gasteiger charge is 2.08. The molecule has 0 aromatic heterocycles. The van der Waals surface area contributed by atoms with Crippen LogP contribution in [0.1, 0.15) is 53.9 Å². The molecule has 0 bridgehead atoms. The van der Waals surface area contributed by atoms with Crippen molar-refractivity contribution in [2.24, 2.45) is 5.41 Å². The van der Waals surface area contributed by atoms with E-state index >= 15 is 0 Å². The first-order valence-corrected chi connectivity index (χ1v) is 6.23. The highest BCUT2D eigenvalue weighted by atomic mass is 16.5. The quantitative estimate of drug-likeness (QED) is 0.628. The lowest BCUT2D eigenvalue weighted by molar-refractivity contribution is 0.105. The van der Waals surface area contributed by atoms with Gasteiger partial charge in [0, 0.05) is 19.3 Å². The van der Waals surface area contributed by atoms with Crippen molar-refractivity contribution >= 4 is 0 Å². The minimum absolute atomic E-state index is 0.402. The molecule has 1 N–H and O–H groups in total. The second-order valence-electron chi connectivity index (χ2n) is 5.74. The van der Waals surface area contributed by atoms with Crippen LogP contribution in [0.2, 0.25) is 0 Å². The van der Waals surface area contributed by atoms with Crippen LogP contribution in [0.4, 0.5) is 0 Å². The number of hydrogen-bond acceptors (Lipinski definition) is 2. The van der Waals surface area contributed by atoms with Gasteiger partial charge in [-0.05, 0) is 31.2 Å². The third-order valence-electron chi connectivity index (χ3n) is 2.26. The van der Waals surface area contributed by atoms with E-state index in [1.54, 1.807) is 0 Å². The lowest BCUT2D eigenvalue weighted by Crippen LogP contribution is -2.23. The van der Waals surface area contributed by atoms with Crippen molar-refractivity contribution < 1.29 is 4.74 Å². The maximum absolute atomic E-state index is 5.59. The molecule has 0 amide bonds. The minimum atomic E-state index is 0.402. The summed E-state index contributed by atoms with van der Waals surface area (Å²) in [5, 5.41) is 3.41. The molecule has 2 heteroatoms. The first-order chi connectivity index (χ1) is 6.92. The molecule has 0 aliphatic carbocycles. The van der Waals surface area contributed by atoms with Crippen molar-refractivity contribution in [2.45, 2.75) is 59.9 Å². The van der Waals surface area contributed by atoms with E-state index in [9.17, 15) is 0 Å². The maximum atomic E-state index is 5.59. The molecular formula is C13H29NO. The van der Waals surface area contributed by atoms with E-state index in [0.717, 1.165) is 26.2 Å². The third-order valence-corrected chi connectivity index (χ3v) is 2.26. The van der Waals surface area contributed by atoms with Crippen LogP contribution in [-0.4, -0.2) is 25.8 Å². The molecular weight excluding hydrogens is 186 g/mol. The smallest absolute Gasteiger partial charge is 0.0471 e. The van der Waals surface area contributed by atoms with Crippen molar-refractivity contribution in [3.05, 3.63) is 0 Å². The van der Waals surface area contributed by atoms with Crippen LogP contribution in [0.5, 0.6) is 0 Å². The van der Waals surface area contributed by atoms with Crippen molar-refractivity contribution in [1.29, 1.82) is 0 Å². The molecule has 15 heavy (non-hydrogen) atoms. The zero-order valence-electron chi connectivity index (χ0n) is 11.2. The Bertz CT molecular complexity index is 138. The standard InChI is InChI=1S/C13H29NO/c1-12(2)14-9-6-7-10-15-11-8-13(3,4)5/h12,14H,6-11H2,1-5H3. The van der Waals surface area contributed by atoms with Crippen LogP contribution in [0, 0.1) is 5.41 Å².